The highest BCUT2D eigenvalue weighted by Crippen LogP contribution is 2.29. The van der Waals surface area contributed by atoms with Crippen molar-refractivity contribution in [1.82, 2.24) is 14.8 Å². The molecule has 0 amide bonds. The van der Waals surface area contributed by atoms with Crippen LogP contribution in [0.4, 0.5) is 0 Å². The van der Waals surface area contributed by atoms with Crippen molar-refractivity contribution < 1.29 is 0 Å². The molecule has 3 nitrogen and oxygen atoms in total. The van der Waals surface area contributed by atoms with Gasteiger partial charge in [-0.2, -0.15) is 0 Å². The van der Waals surface area contributed by atoms with Crippen molar-refractivity contribution in [1.29, 1.82) is 0 Å². The normalized spacial score (nSPS) is 19.6. The third-order valence-electron chi connectivity index (χ3n) is 4.87. The fraction of sp³-hybridized carbons (Fsp3) is 0.273. The van der Waals surface area contributed by atoms with Crippen LogP contribution in [0.1, 0.15) is 32.5 Å². The first kappa shape index (κ1) is 15.8. The molecule has 3 heteroatoms. The van der Waals surface area contributed by atoms with Crippen LogP contribution in [0.3, 0.4) is 0 Å². The maximum atomic E-state index is 4.92. The topological polar surface area (TPSA) is 30.7 Å². The van der Waals surface area contributed by atoms with E-state index >= 15 is 0 Å². The lowest BCUT2D eigenvalue weighted by Gasteiger charge is -2.28. The fourth-order valence-electron chi connectivity index (χ4n) is 3.46. The zero-order chi connectivity index (χ0) is 17.3. The molecule has 3 aromatic rings. The molecule has 1 aromatic heterocycles. The Labute approximate surface area is 148 Å². The number of nitrogens with zero attached hydrogens (tertiary/aromatic N) is 3. The van der Waals surface area contributed by atoms with Crippen molar-refractivity contribution in [3.8, 4) is 11.4 Å². The molecule has 2 aromatic carbocycles. The second kappa shape index (κ2) is 6.32. The third kappa shape index (κ3) is 2.91. The van der Waals surface area contributed by atoms with Gasteiger partial charge in [-0.1, -0.05) is 67.6 Å². The number of aryl methyl sites for hydroxylation is 1. The molecule has 1 heterocycles. The summed E-state index contributed by atoms with van der Waals surface area (Å²) in [5, 5.41) is 7.39. The zero-order valence-corrected chi connectivity index (χ0v) is 14.8. The Balaban J connectivity index is 1.80. The number of hydrogen-bond donors (Lipinski definition) is 0. The second-order valence-corrected chi connectivity index (χ2v) is 6.92. The summed E-state index contributed by atoms with van der Waals surface area (Å²) in [6.07, 6.45) is 11.6. The highest BCUT2D eigenvalue weighted by atomic mass is 15.4. The summed E-state index contributed by atoms with van der Waals surface area (Å²) < 4.78 is 2.13. The van der Waals surface area contributed by atoms with E-state index < -0.39 is 0 Å². The van der Waals surface area contributed by atoms with Crippen molar-refractivity contribution in [2.24, 2.45) is 0 Å². The molecular weight excluding hydrogens is 306 g/mol. The number of aromatic nitrogens is 3. The van der Waals surface area contributed by atoms with E-state index in [1.54, 1.807) is 0 Å². The molecule has 1 unspecified atom stereocenters. The summed E-state index contributed by atoms with van der Waals surface area (Å²) in [5.74, 6) is 1.88. The predicted octanol–water partition coefficient (Wildman–Crippen LogP) is 5.28. The van der Waals surface area contributed by atoms with Crippen molar-refractivity contribution in [2.75, 3.05) is 0 Å². The fourth-order valence-corrected chi connectivity index (χ4v) is 3.46. The van der Waals surface area contributed by atoms with E-state index in [-0.39, 0.29) is 5.54 Å². The molecule has 1 atom stereocenters. The smallest absolute Gasteiger partial charge is 0.181 e. The van der Waals surface area contributed by atoms with Crippen LogP contribution in [0.15, 0.2) is 66.8 Å². The molecule has 0 aliphatic heterocycles. The summed E-state index contributed by atoms with van der Waals surface area (Å²) >= 11 is 0. The average Bonchev–Trinajstić information content (AvgIpc) is 3.07. The zero-order valence-electron chi connectivity index (χ0n) is 14.8. The van der Waals surface area contributed by atoms with Gasteiger partial charge in [-0.15, -0.1) is 5.10 Å². The largest absolute Gasteiger partial charge is 0.239 e. The number of allylic oxidation sites excluding steroid dienone is 4. The molecule has 0 N–H and O–H groups in total. The Kier molecular flexibility index (Phi) is 4.00. The van der Waals surface area contributed by atoms with Crippen LogP contribution >= 0.6 is 0 Å². The monoisotopic (exact) mass is 329 g/mol. The Morgan fingerprint density at radius 1 is 1.08 bits per heavy atom. The number of hydrogen-bond acceptors (Lipinski definition) is 2. The van der Waals surface area contributed by atoms with E-state index in [4.69, 9.17) is 10.1 Å². The molecule has 126 valence electrons. The van der Waals surface area contributed by atoms with Gasteiger partial charge in [0.2, 0.25) is 0 Å². The van der Waals surface area contributed by atoms with Crippen LogP contribution in [0.5, 0.6) is 0 Å². The summed E-state index contributed by atoms with van der Waals surface area (Å²) in [4.78, 5) is 4.89. The number of benzene rings is 2. The third-order valence-corrected chi connectivity index (χ3v) is 4.87. The van der Waals surface area contributed by atoms with Crippen molar-refractivity contribution in [3.05, 3.63) is 72.6 Å². The van der Waals surface area contributed by atoms with Gasteiger partial charge in [-0.3, -0.25) is 0 Å². The molecule has 25 heavy (non-hydrogen) atoms. The number of fused-ring (bicyclic) bond motifs is 1. The molecular formula is C22H23N3. The molecule has 0 saturated heterocycles. The van der Waals surface area contributed by atoms with Gasteiger partial charge in [0.05, 0.1) is 5.54 Å². The lowest BCUT2D eigenvalue weighted by atomic mass is 9.93. The van der Waals surface area contributed by atoms with E-state index in [2.05, 4.69) is 85.3 Å². The molecule has 0 spiro atoms. The Hall–Kier alpha value is -2.68. The Morgan fingerprint density at radius 3 is 2.68 bits per heavy atom. The molecule has 0 fully saturated rings. The molecule has 1 aliphatic rings. The van der Waals surface area contributed by atoms with Gasteiger partial charge in [0.1, 0.15) is 5.82 Å². The quantitative estimate of drug-likeness (QED) is 0.652. The maximum Gasteiger partial charge on any atom is 0.181 e. The highest BCUT2D eigenvalue weighted by Gasteiger charge is 2.28. The van der Waals surface area contributed by atoms with Gasteiger partial charge in [0.15, 0.2) is 5.82 Å². The van der Waals surface area contributed by atoms with Crippen LogP contribution in [-0.2, 0) is 12.0 Å². The summed E-state index contributed by atoms with van der Waals surface area (Å²) in [6.45, 7) is 4.42. The number of rotatable bonds is 4. The maximum absolute atomic E-state index is 4.92. The van der Waals surface area contributed by atoms with Gasteiger partial charge in [-0.25, -0.2) is 9.67 Å². The van der Waals surface area contributed by atoms with E-state index in [9.17, 15) is 0 Å². The Bertz CT molecular complexity index is 964. The van der Waals surface area contributed by atoms with E-state index in [0.717, 1.165) is 36.5 Å². The first-order chi connectivity index (χ1) is 12.2. The van der Waals surface area contributed by atoms with Crippen LogP contribution in [0.25, 0.3) is 22.2 Å². The van der Waals surface area contributed by atoms with Gasteiger partial charge in [0.25, 0.3) is 0 Å². The van der Waals surface area contributed by atoms with E-state index in [1.165, 1.54) is 10.8 Å². The second-order valence-electron chi connectivity index (χ2n) is 6.92. The lowest BCUT2D eigenvalue weighted by Crippen LogP contribution is -2.31. The average molecular weight is 329 g/mol. The SMILES string of the molecule is CCCc1nc(-c2ccc3ccccc3c2)nn1C1(C)C=CC=CC1. The van der Waals surface area contributed by atoms with E-state index in [1.807, 2.05) is 0 Å². The predicted molar refractivity (Wildman–Crippen MR) is 104 cm³/mol. The first-order valence-corrected chi connectivity index (χ1v) is 8.99. The van der Waals surface area contributed by atoms with Crippen LogP contribution in [0.2, 0.25) is 0 Å². The molecule has 0 radical (unpaired) electrons. The van der Waals surface area contributed by atoms with Crippen molar-refractivity contribution in [3.63, 3.8) is 0 Å². The van der Waals surface area contributed by atoms with Crippen molar-refractivity contribution >= 4 is 10.8 Å². The minimum atomic E-state index is -0.138. The molecule has 4 rings (SSSR count). The van der Waals surface area contributed by atoms with Gasteiger partial charge in [-0.05, 0) is 36.6 Å². The Morgan fingerprint density at radius 2 is 1.92 bits per heavy atom. The van der Waals surface area contributed by atoms with Crippen LogP contribution in [0, 0.1) is 0 Å². The van der Waals surface area contributed by atoms with Gasteiger partial charge < -0.3 is 0 Å². The molecule has 0 saturated carbocycles. The lowest BCUT2D eigenvalue weighted by molar-refractivity contribution is 0.355. The highest BCUT2D eigenvalue weighted by molar-refractivity contribution is 5.86. The minimum Gasteiger partial charge on any atom is -0.239 e. The first-order valence-electron chi connectivity index (χ1n) is 8.99. The summed E-state index contributed by atoms with van der Waals surface area (Å²) in [5.41, 5.74) is 0.940. The summed E-state index contributed by atoms with van der Waals surface area (Å²) in [6, 6.07) is 14.9. The van der Waals surface area contributed by atoms with E-state index in [0.29, 0.717) is 0 Å². The summed E-state index contributed by atoms with van der Waals surface area (Å²) in [7, 11) is 0. The standard InChI is InChI=1S/C22H23N3/c1-3-9-20-23-21(24-25(20)22(2)14-7-4-8-15-22)19-13-12-17-10-5-6-11-18(17)16-19/h4-8,10-14,16H,3,9,15H2,1-2H3. The van der Waals surface area contributed by atoms with Gasteiger partial charge >= 0.3 is 0 Å². The molecule has 1 aliphatic carbocycles. The van der Waals surface area contributed by atoms with Crippen molar-refractivity contribution in [2.45, 2.75) is 38.6 Å². The van der Waals surface area contributed by atoms with Crippen LogP contribution < -0.4 is 0 Å². The molecule has 0 bridgehead atoms. The minimum absolute atomic E-state index is 0.138. The van der Waals surface area contributed by atoms with Crippen LogP contribution in [-0.4, -0.2) is 14.8 Å². The van der Waals surface area contributed by atoms with Gasteiger partial charge in [0, 0.05) is 12.0 Å².